The molecule has 1 N–H and O–H groups in total. The van der Waals surface area contributed by atoms with Gasteiger partial charge < -0.3 is 10.2 Å². The van der Waals surface area contributed by atoms with Gasteiger partial charge in [-0.1, -0.05) is 6.42 Å². The van der Waals surface area contributed by atoms with Crippen molar-refractivity contribution in [1.82, 2.24) is 10.2 Å². The number of hydrogen-bond acceptors (Lipinski definition) is 2. The van der Waals surface area contributed by atoms with Gasteiger partial charge in [-0.25, -0.2) is 0 Å². The number of carbonyl (C=O) groups is 1. The topological polar surface area (TPSA) is 32.3 Å². The van der Waals surface area contributed by atoms with E-state index in [1.165, 1.54) is 19.3 Å². The number of piperazine rings is 1. The molecule has 2 aliphatic heterocycles. The van der Waals surface area contributed by atoms with E-state index in [9.17, 15) is 4.79 Å². The Balaban J connectivity index is 2.06. The Kier molecular flexibility index (Phi) is 1.82. The molecule has 0 radical (unpaired) electrons. The predicted octanol–water partition coefficient (Wildman–Crippen LogP) is -0.0293. The summed E-state index contributed by atoms with van der Waals surface area (Å²) < 4.78 is 0. The van der Waals surface area contributed by atoms with Crippen LogP contribution >= 0.6 is 0 Å². The van der Waals surface area contributed by atoms with Crippen LogP contribution in [-0.2, 0) is 4.79 Å². The molecule has 2 aliphatic rings. The minimum absolute atomic E-state index is 0.281. The maximum Gasteiger partial charge on any atom is 0.236 e. The largest absolute Gasteiger partial charge is 0.340 e. The third-order valence-corrected chi connectivity index (χ3v) is 2.57. The second-order valence-corrected chi connectivity index (χ2v) is 3.41. The molecule has 2 bridgehead atoms. The first kappa shape index (κ1) is 7.10. The van der Waals surface area contributed by atoms with Gasteiger partial charge in [0.15, 0.2) is 0 Å². The van der Waals surface area contributed by atoms with Crippen molar-refractivity contribution in [1.29, 1.82) is 0 Å². The number of carbonyl (C=O) groups excluding carboxylic acids is 1. The molecule has 0 spiro atoms. The van der Waals surface area contributed by atoms with E-state index in [1.54, 1.807) is 0 Å². The molecule has 0 aromatic rings. The lowest BCUT2D eigenvalue weighted by Gasteiger charge is -2.30. The molecule has 3 heteroatoms. The summed E-state index contributed by atoms with van der Waals surface area (Å²) in [6, 6.07) is 0.579. The number of rotatable bonds is 0. The van der Waals surface area contributed by atoms with Crippen molar-refractivity contribution in [3.05, 3.63) is 0 Å². The van der Waals surface area contributed by atoms with Crippen LogP contribution in [0.1, 0.15) is 19.3 Å². The fraction of sp³-hybridized carbons (Fsp3) is 0.875. The van der Waals surface area contributed by atoms with Crippen molar-refractivity contribution in [2.24, 2.45) is 0 Å². The number of amides is 1. The average Bonchev–Trinajstić information content (AvgIpc) is 2.21. The van der Waals surface area contributed by atoms with Gasteiger partial charge in [0.2, 0.25) is 5.91 Å². The molecule has 0 aromatic carbocycles. The van der Waals surface area contributed by atoms with Crippen molar-refractivity contribution >= 4 is 5.91 Å². The Labute approximate surface area is 66.8 Å². The van der Waals surface area contributed by atoms with Crippen molar-refractivity contribution < 1.29 is 4.79 Å². The van der Waals surface area contributed by atoms with Gasteiger partial charge in [-0.15, -0.1) is 0 Å². The normalized spacial score (nSPS) is 31.8. The van der Waals surface area contributed by atoms with Gasteiger partial charge in [0.05, 0.1) is 6.54 Å². The monoisotopic (exact) mass is 154 g/mol. The minimum atomic E-state index is 0.281. The zero-order valence-corrected chi connectivity index (χ0v) is 6.68. The van der Waals surface area contributed by atoms with Crippen molar-refractivity contribution in [2.45, 2.75) is 25.3 Å². The molecule has 1 amide bonds. The Bertz CT molecular complexity index is 169. The molecule has 1 atom stereocenters. The average molecular weight is 154 g/mol. The molecule has 2 rings (SSSR count). The van der Waals surface area contributed by atoms with Crippen LogP contribution in [0.5, 0.6) is 0 Å². The summed E-state index contributed by atoms with van der Waals surface area (Å²) >= 11 is 0. The van der Waals surface area contributed by atoms with E-state index in [-0.39, 0.29) is 5.91 Å². The highest BCUT2D eigenvalue weighted by molar-refractivity contribution is 5.79. The smallest absolute Gasteiger partial charge is 0.236 e. The fourth-order valence-electron chi connectivity index (χ4n) is 1.88. The summed E-state index contributed by atoms with van der Waals surface area (Å²) in [7, 11) is 0. The van der Waals surface area contributed by atoms with Crippen LogP contribution in [-0.4, -0.2) is 36.5 Å². The Morgan fingerprint density at radius 3 is 3.27 bits per heavy atom. The van der Waals surface area contributed by atoms with E-state index in [0.29, 0.717) is 12.6 Å². The van der Waals surface area contributed by atoms with Crippen molar-refractivity contribution in [2.75, 3.05) is 19.6 Å². The van der Waals surface area contributed by atoms with E-state index >= 15 is 0 Å². The van der Waals surface area contributed by atoms with E-state index in [2.05, 4.69) is 5.32 Å². The highest BCUT2D eigenvalue weighted by Crippen LogP contribution is 2.13. The fourth-order valence-corrected chi connectivity index (χ4v) is 1.88. The predicted molar refractivity (Wildman–Crippen MR) is 42.2 cm³/mol. The van der Waals surface area contributed by atoms with E-state index in [1.807, 2.05) is 4.90 Å². The van der Waals surface area contributed by atoms with Gasteiger partial charge in [0.1, 0.15) is 0 Å². The highest BCUT2D eigenvalue weighted by atomic mass is 16.2. The lowest BCUT2D eigenvalue weighted by atomic mass is 10.1. The molecule has 3 nitrogen and oxygen atoms in total. The summed E-state index contributed by atoms with van der Waals surface area (Å²) in [4.78, 5) is 13.2. The SMILES string of the molecule is O=C1CN[C@H]2CCCCN1C2. The van der Waals surface area contributed by atoms with Crippen LogP contribution in [0, 0.1) is 0 Å². The summed E-state index contributed by atoms with van der Waals surface area (Å²) in [6.45, 7) is 2.49. The number of nitrogens with zero attached hydrogens (tertiary/aromatic N) is 1. The molecule has 0 aromatic heterocycles. The van der Waals surface area contributed by atoms with Crippen LogP contribution in [0.25, 0.3) is 0 Å². The van der Waals surface area contributed by atoms with E-state index < -0.39 is 0 Å². The van der Waals surface area contributed by atoms with Crippen LogP contribution in [0.3, 0.4) is 0 Å². The molecular weight excluding hydrogens is 140 g/mol. The van der Waals surface area contributed by atoms with Gasteiger partial charge in [0, 0.05) is 19.1 Å². The summed E-state index contributed by atoms with van der Waals surface area (Å²) in [5.74, 6) is 0.281. The molecule has 2 saturated heterocycles. The van der Waals surface area contributed by atoms with Gasteiger partial charge in [0.25, 0.3) is 0 Å². The number of hydrogen-bond donors (Lipinski definition) is 1. The van der Waals surface area contributed by atoms with Crippen molar-refractivity contribution in [3.8, 4) is 0 Å². The van der Waals surface area contributed by atoms with Crippen LogP contribution in [0.15, 0.2) is 0 Å². The third-order valence-electron chi connectivity index (χ3n) is 2.57. The van der Waals surface area contributed by atoms with Gasteiger partial charge in [-0.05, 0) is 12.8 Å². The lowest BCUT2D eigenvalue weighted by molar-refractivity contribution is -0.132. The Morgan fingerprint density at radius 2 is 2.36 bits per heavy atom. The molecule has 11 heavy (non-hydrogen) atoms. The lowest BCUT2D eigenvalue weighted by Crippen LogP contribution is -2.52. The van der Waals surface area contributed by atoms with E-state index in [0.717, 1.165) is 13.1 Å². The second kappa shape index (κ2) is 2.81. The molecular formula is C8H14N2O. The molecule has 0 unspecified atom stereocenters. The second-order valence-electron chi connectivity index (χ2n) is 3.41. The zero-order chi connectivity index (χ0) is 7.68. The van der Waals surface area contributed by atoms with E-state index in [4.69, 9.17) is 0 Å². The maximum atomic E-state index is 11.2. The highest BCUT2D eigenvalue weighted by Gasteiger charge is 2.26. The van der Waals surface area contributed by atoms with Gasteiger partial charge in [-0.2, -0.15) is 0 Å². The Hall–Kier alpha value is -0.570. The van der Waals surface area contributed by atoms with Crippen LogP contribution < -0.4 is 5.32 Å². The first-order valence-electron chi connectivity index (χ1n) is 4.37. The number of fused-ring (bicyclic) bond motifs is 2. The molecule has 0 aliphatic carbocycles. The van der Waals surface area contributed by atoms with Crippen LogP contribution in [0.4, 0.5) is 0 Å². The Morgan fingerprint density at radius 1 is 1.45 bits per heavy atom. The first-order chi connectivity index (χ1) is 5.36. The zero-order valence-electron chi connectivity index (χ0n) is 6.68. The number of nitrogens with one attached hydrogen (secondary N) is 1. The molecule has 0 saturated carbocycles. The summed E-state index contributed by atoms with van der Waals surface area (Å²) in [6.07, 6.45) is 3.69. The third kappa shape index (κ3) is 1.38. The van der Waals surface area contributed by atoms with Crippen molar-refractivity contribution in [3.63, 3.8) is 0 Å². The maximum absolute atomic E-state index is 11.2. The first-order valence-corrected chi connectivity index (χ1v) is 4.37. The molecule has 2 heterocycles. The van der Waals surface area contributed by atoms with Gasteiger partial charge in [-0.3, -0.25) is 4.79 Å². The molecule has 62 valence electrons. The minimum Gasteiger partial charge on any atom is -0.340 e. The van der Waals surface area contributed by atoms with Gasteiger partial charge >= 0.3 is 0 Å². The van der Waals surface area contributed by atoms with Crippen LogP contribution in [0.2, 0.25) is 0 Å². The molecule has 2 fully saturated rings. The quantitative estimate of drug-likeness (QED) is 0.531. The summed E-state index contributed by atoms with van der Waals surface area (Å²) in [5, 5.41) is 3.25. The summed E-state index contributed by atoms with van der Waals surface area (Å²) in [5.41, 5.74) is 0. The standard InChI is InChI=1S/C8H14N2O/c11-8-5-9-7-3-1-2-4-10(8)6-7/h7,9H,1-6H2/t7-/m0/s1.